The second-order valence-electron chi connectivity index (χ2n) is 7.87. The first-order valence-corrected chi connectivity index (χ1v) is 12.6. The molecule has 36 heavy (non-hydrogen) atoms. The predicted molar refractivity (Wildman–Crippen MR) is 138 cm³/mol. The van der Waals surface area contributed by atoms with Gasteiger partial charge in [0.05, 0.1) is 27.0 Å². The van der Waals surface area contributed by atoms with Crippen LogP contribution in [0.3, 0.4) is 0 Å². The van der Waals surface area contributed by atoms with Crippen LogP contribution in [0, 0.1) is 0 Å². The first-order chi connectivity index (χ1) is 17.2. The van der Waals surface area contributed by atoms with Gasteiger partial charge in [0.15, 0.2) is 23.1 Å². The number of hydrogen-bond donors (Lipinski definition) is 0. The number of rotatable bonds is 8. The zero-order valence-electron chi connectivity index (χ0n) is 20.4. The molecule has 4 rings (SSSR count). The number of methoxy groups -OCH3 is 3. The highest BCUT2D eigenvalue weighted by Gasteiger charge is 2.25. The number of aromatic nitrogens is 3. The highest BCUT2D eigenvalue weighted by atomic mass is 35.5. The van der Waals surface area contributed by atoms with E-state index in [1.54, 1.807) is 55.3 Å². The third kappa shape index (κ3) is 4.75. The molecule has 11 heteroatoms. The predicted octanol–water partition coefficient (Wildman–Crippen LogP) is 4.53. The summed E-state index contributed by atoms with van der Waals surface area (Å²) in [5.74, 6) is 2.11. The maximum atomic E-state index is 13.0. The summed E-state index contributed by atoms with van der Waals surface area (Å²) in [5.41, 5.74) is 1.86. The highest BCUT2D eigenvalue weighted by Crippen LogP contribution is 2.35. The van der Waals surface area contributed by atoms with Gasteiger partial charge in [-0.3, -0.25) is 0 Å². The topological polar surface area (TPSA) is 95.8 Å². The Morgan fingerprint density at radius 2 is 1.53 bits per heavy atom. The third-order valence-electron chi connectivity index (χ3n) is 5.48. The van der Waals surface area contributed by atoms with Crippen molar-refractivity contribution >= 4 is 21.6 Å². The van der Waals surface area contributed by atoms with Crippen LogP contribution in [0.15, 0.2) is 65.6 Å². The molecule has 0 aliphatic rings. The summed E-state index contributed by atoms with van der Waals surface area (Å²) in [6, 6.07) is 17.4. The van der Waals surface area contributed by atoms with Gasteiger partial charge in [0, 0.05) is 36.3 Å². The molecule has 188 valence electrons. The van der Waals surface area contributed by atoms with Crippen molar-refractivity contribution in [3.63, 3.8) is 0 Å². The molecule has 0 aliphatic carbocycles. The summed E-state index contributed by atoms with van der Waals surface area (Å²) in [6.45, 7) is 0. The van der Waals surface area contributed by atoms with Crippen LogP contribution in [-0.4, -0.2) is 62.9 Å². The Bertz CT molecular complexity index is 1520. The van der Waals surface area contributed by atoms with Gasteiger partial charge in [-0.05, 0) is 42.5 Å². The molecule has 4 aromatic rings. The first-order valence-electron chi connectivity index (χ1n) is 10.8. The Labute approximate surface area is 214 Å². The van der Waals surface area contributed by atoms with Crippen LogP contribution in [-0.2, 0) is 10.0 Å². The molecule has 9 nitrogen and oxygen atoms in total. The summed E-state index contributed by atoms with van der Waals surface area (Å²) in [5, 5.41) is 5.27. The largest absolute Gasteiger partial charge is 0.495 e. The minimum atomic E-state index is -3.80. The molecule has 0 aliphatic heterocycles. The van der Waals surface area contributed by atoms with Crippen molar-refractivity contribution in [2.24, 2.45) is 0 Å². The van der Waals surface area contributed by atoms with Crippen LogP contribution in [0.4, 0.5) is 0 Å². The van der Waals surface area contributed by atoms with E-state index in [-0.39, 0.29) is 10.6 Å². The Morgan fingerprint density at radius 1 is 0.833 bits per heavy atom. The van der Waals surface area contributed by atoms with Crippen molar-refractivity contribution in [2.75, 3.05) is 35.4 Å². The normalized spacial score (nSPS) is 11.5. The van der Waals surface area contributed by atoms with Crippen LogP contribution >= 0.6 is 11.6 Å². The van der Waals surface area contributed by atoms with Gasteiger partial charge in [0.25, 0.3) is 0 Å². The molecule has 0 saturated carbocycles. The summed E-state index contributed by atoms with van der Waals surface area (Å²) in [4.78, 5) is 4.77. The number of benzene rings is 3. The minimum absolute atomic E-state index is 0.0127. The maximum absolute atomic E-state index is 13.0. The van der Waals surface area contributed by atoms with Crippen molar-refractivity contribution in [3.8, 4) is 45.7 Å². The van der Waals surface area contributed by atoms with Gasteiger partial charge >= 0.3 is 0 Å². The van der Waals surface area contributed by atoms with Crippen LogP contribution < -0.4 is 14.2 Å². The molecule has 3 aromatic carbocycles. The van der Waals surface area contributed by atoms with E-state index in [2.05, 4.69) is 0 Å². The number of hydrogen-bond acceptors (Lipinski definition) is 7. The van der Waals surface area contributed by atoms with E-state index >= 15 is 0 Å². The van der Waals surface area contributed by atoms with E-state index in [0.29, 0.717) is 45.0 Å². The lowest BCUT2D eigenvalue weighted by Gasteiger charge is -2.16. The molecule has 0 N–H and O–H groups in total. The molecule has 0 radical (unpaired) electrons. The molecule has 0 fully saturated rings. The molecule has 1 heterocycles. The van der Waals surface area contributed by atoms with Crippen molar-refractivity contribution in [2.45, 2.75) is 4.90 Å². The maximum Gasteiger partial charge on any atom is 0.246 e. The first kappa shape index (κ1) is 25.5. The zero-order chi connectivity index (χ0) is 26.0. The van der Waals surface area contributed by atoms with E-state index in [4.69, 9.17) is 35.9 Å². The number of sulfonamides is 1. The van der Waals surface area contributed by atoms with Crippen LogP contribution in [0.2, 0.25) is 5.02 Å². The van der Waals surface area contributed by atoms with Crippen molar-refractivity contribution < 1.29 is 22.6 Å². The molecule has 0 atom stereocenters. The smallest absolute Gasteiger partial charge is 0.246 e. The van der Waals surface area contributed by atoms with E-state index in [0.717, 1.165) is 4.31 Å². The second-order valence-corrected chi connectivity index (χ2v) is 10.4. The number of nitrogens with zero attached hydrogens (tertiary/aromatic N) is 4. The van der Waals surface area contributed by atoms with Gasteiger partial charge in [-0.1, -0.05) is 23.7 Å². The summed E-state index contributed by atoms with van der Waals surface area (Å²) in [7, 11) is 3.65. The van der Waals surface area contributed by atoms with Gasteiger partial charge in [-0.25, -0.2) is 22.4 Å². The molecule has 0 spiro atoms. The van der Waals surface area contributed by atoms with Crippen molar-refractivity contribution in [1.29, 1.82) is 0 Å². The van der Waals surface area contributed by atoms with Gasteiger partial charge in [0.2, 0.25) is 10.0 Å². The molecule has 1 aromatic heterocycles. The van der Waals surface area contributed by atoms with Gasteiger partial charge in [0.1, 0.15) is 10.6 Å². The lowest BCUT2D eigenvalue weighted by atomic mass is 10.2. The van der Waals surface area contributed by atoms with E-state index in [1.165, 1.54) is 27.3 Å². The van der Waals surface area contributed by atoms with Gasteiger partial charge in [-0.2, -0.15) is 0 Å². The minimum Gasteiger partial charge on any atom is -0.495 e. The number of ether oxygens (including phenoxy) is 3. The quantitative estimate of drug-likeness (QED) is 0.331. The Balaban J connectivity index is 1.98. The summed E-state index contributed by atoms with van der Waals surface area (Å²) < 4.78 is 45.0. The number of halogens is 1. The zero-order valence-corrected chi connectivity index (χ0v) is 22.0. The van der Waals surface area contributed by atoms with Gasteiger partial charge in [-0.15, -0.1) is 5.10 Å². The SMILES string of the molecule is COc1ccc(-n2nc(-c3cccc(Cl)c3)nc2-c2ccc(OC)c(S(=O)(=O)N(C)C)c2)cc1OC. The van der Waals surface area contributed by atoms with Gasteiger partial charge < -0.3 is 14.2 Å². The van der Waals surface area contributed by atoms with Crippen LogP contribution in [0.1, 0.15) is 0 Å². The lowest BCUT2D eigenvalue weighted by Crippen LogP contribution is -2.22. The molecule has 0 saturated heterocycles. The summed E-state index contributed by atoms with van der Waals surface area (Å²) in [6.07, 6.45) is 0. The Hall–Kier alpha value is -3.60. The fourth-order valence-corrected chi connectivity index (χ4v) is 4.86. The van der Waals surface area contributed by atoms with E-state index in [9.17, 15) is 8.42 Å². The molecular formula is C25H25ClN4O5S. The highest BCUT2D eigenvalue weighted by molar-refractivity contribution is 7.89. The fraction of sp³-hybridized carbons (Fsp3) is 0.200. The fourth-order valence-electron chi connectivity index (χ4n) is 3.60. The summed E-state index contributed by atoms with van der Waals surface area (Å²) >= 11 is 6.20. The second kappa shape index (κ2) is 10.2. The molecule has 0 amide bonds. The van der Waals surface area contributed by atoms with E-state index < -0.39 is 10.0 Å². The molecular weight excluding hydrogens is 504 g/mol. The average Bonchev–Trinajstić information content (AvgIpc) is 3.33. The Kier molecular flexibility index (Phi) is 7.21. The standard InChI is InChI=1S/C25H25ClN4O5S/c1-29(2)36(31,32)23-14-17(9-11-21(23)34-4)25-27-24(16-7-6-8-18(26)13-16)28-30(25)19-10-12-20(33-3)22(15-19)35-5/h6-15H,1-5H3. The lowest BCUT2D eigenvalue weighted by molar-refractivity contribution is 0.355. The molecule has 0 unspecified atom stereocenters. The van der Waals surface area contributed by atoms with Crippen molar-refractivity contribution in [3.05, 3.63) is 65.7 Å². The third-order valence-corrected chi connectivity index (χ3v) is 7.55. The molecule has 0 bridgehead atoms. The Morgan fingerprint density at radius 3 is 2.17 bits per heavy atom. The van der Waals surface area contributed by atoms with Crippen molar-refractivity contribution in [1.82, 2.24) is 19.1 Å². The average molecular weight is 529 g/mol. The van der Waals surface area contributed by atoms with Crippen LogP contribution in [0.5, 0.6) is 17.2 Å². The monoisotopic (exact) mass is 528 g/mol. The van der Waals surface area contributed by atoms with Crippen LogP contribution in [0.25, 0.3) is 28.5 Å². The van der Waals surface area contributed by atoms with E-state index in [1.807, 2.05) is 18.2 Å².